The second-order valence-electron chi connectivity index (χ2n) is 11.9. The van der Waals surface area contributed by atoms with E-state index in [1.807, 2.05) is 60.7 Å². The van der Waals surface area contributed by atoms with E-state index in [9.17, 15) is 14.7 Å². The van der Waals surface area contributed by atoms with Crippen LogP contribution in [0.3, 0.4) is 0 Å². The van der Waals surface area contributed by atoms with Crippen LogP contribution >= 0.6 is 0 Å². The lowest BCUT2D eigenvalue weighted by molar-refractivity contribution is -0.188. The van der Waals surface area contributed by atoms with Crippen molar-refractivity contribution in [2.45, 2.75) is 110 Å². The fourth-order valence-electron chi connectivity index (χ4n) is 4.38. The summed E-state index contributed by atoms with van der Waals surface area (Å²) < 4.78 is 29.9. The summed E-state index contributed by atoms with van der Waals surface area (Å²) in [5, 5.41) is 11.3. The van der Waals surface area contributed by atoms with Gasteiger partial charge in [0.2, 0.25) is 0 Å². The first-order chi connectivity index (χ1) is 18.7. The van der Waals surface area contributed by atoms with Crippen molar-refractivity contribution < 1.29 is 38.4 Å². The van der Waals surface area contributed by atoms with Gasteiger partial charge in [0.15, 0.2) is 12.4 Å². The normalized spacial score (nSPS) is 24.1. The first-order valence-electron chi connectivity index (χ1n) is 13.8. The van der Waals surface area contributed by atoms with Crippen LogP contribution in [0.2, 0.25) is 0 Å². The summed E-state index contributed by atoms with van der Waals surface area (Å²) in [7, 11) is 0. The molecule has 1 aliphatic rings. The van der Waals surface area contributed by atoms with E-state index in [2.05, 4.69) is 0 Å². The summed E-state index contributed by atoms with van der Waals surface area (Å²) in [5.74, 6) is 1.29. The maximum Gasteiger partial charge on any atom is 0.420 e. The fraction of sp³-hybridized carbons (Fsp3) is 0.548. The van der Waals surface area contributed by atoms with E-state index in [1.165, 1.54) is 0 Å². The summed E-state index contributed by atoms with van der Waals surface area (Å²) >= 11 is 0. The summed E-state index contributed by atoms with van der Waals surface area (Å²) in [6.45, 7) is 12.0. The molecule has 0 aromatic heterocycles. The van der Waals surface area contributed by atoms with E-state index < -0.39 is 54.0 Å². The van der Waals surface area contributed by atoms with Crippen molar-refractivity contribution in [3.8, 4) is 11.5 Å². The molecule has 0 saturated carbocycles. The van der Waals surface area contributed by atoms with Gasteiger partial charge in [-0.3, -0.25) is 0 Å². The molecule has 1 heterocycles. The van der Waals surface area contributed by atoms with Gasteiger partial charge in [0.1, 0.15) is 28.8 Å². The monoisotopic (exact) mass is 557 g/mol. The van der Waals surface area contributed by atoms with E-state index in [-0.39, 0.29) is 6.42 Å². The largest absolute Gasteiger partial charge is 0.486 e. The minimum absolute atomic E-state index is 0.221. The Morgan fingerprint density at radius 1 is 0.800 bits per heavy atom. The molecule has 0 spiro atoms. The number of hydrogen-bond donors (Lipinski definition) is 1. The lowest BCUT2D eigenvalue weighted by Crippen LogP contribution is -2.54. The average molecular weight is 558 g/mol. The topological polar surface area (TPSA) is 104 Å². The van der Waals surface area contributed by atoms with Crippen molar-refractivity contribution in [1.82, 2.24) is 4.90 Å². The lowest BCUT2D eigenvalue weighted by atomic mass is 10.0. The SMILES string of the molecule is C[C@@H]1OC(O)[C@@H](N(C(=O)OC(C)(C)C)C(=O)OC(C)(C)C)CCC[C@H](Oc2ccccc2)[C@H]1Oc1ccccc1. The van der Waals surface area contributed by atoms with E-state index >= 15 is 0 Å². The van der Waals surface area contributed by atoms with Crippen LogP contribution in [0.4, 0.5) is 9.59 Å². The summed E-state index contributed by atoms with van der Waals surface area (Å²) in [5.41, 5.74) is -1.75. The summed E-state index contributed by atoms with van der Waals surface area (Å²) in [4.78, 5) is 27.4. The Labute approximate surface area is 237 Å². The van der Waals surface area contributed by atoms with Crippen LogP contribution < -0.4 is 9.47 Å². The van der Waals surface area contributed by atoms with Crippen molar-refractivity contribution in [2.75, 3.05) is 0 Å². The molecule has 5 atom stereocenters. The van der Waals surface area contributed by atoms with Gasteiger partial charge in [-0.2, -0.15) is 0 Å². The quantitative estimate of drug-likeness (QED) is 0.455. The standard InChI is InChI=1S/C31H43NO8/c1-21-26(38-23-17-12-9-13-18-23)25(37-22-15-10-8-11-16-22)20-14-19-24(27(33)36-21)32(28(34)39-30(2,3)4)29(35)40-31(5,6)7/h8-13,15-18,21,24-27,33H,14,19-20H2,1-7H3/t21-,24-,25-,26-,27?/m0/s1. The first kappa shape index (κ1) is 31.2. The number of aliphatic hydroxyl groups is 1. The molecular weight excluding hydrogens is 514 g/mol. The van der Waals surface area contributed by atoms with Crippen LogP contribution in [-0.2, 0) is 14.2 Å². The number of ether oxygens (including phenoxy) is 5. The molecule has 1 N–H and O–H groups in total. The minimum atomic E-state index is -1.53. The zero-order valence-electron chi connectivity index (χ0n) is 24.5. The van der Waals surface area contributed by atoms with Crippen molar-refractivity contribution >= 4 is 12.2 Å². The van der Waals surface area contributed by atoms with E-state index in [4.69, 9.17) is 23.7 Å². The maximum atomic E-state index is 13.3. The van der Waals surface area contributed by atoms with Gasteiger partial charge in [-0.1, -0.05) is 36.4 Å². The van der Waals surface area contributed by atoms with Gasteiger partial charge in [-0.15, -0.1) is 0 Å². The number of amides is 2. The van der Waals surface area contributed by atoms with Crippen LogP contribution in [0.25, 0.3) is 0 Å². The Bertz CT molecular complexity index is 1050. The van der Waals surface area contributed by atoms with Gasteiger partial charge in [0, 0.05) is 0 Å². The Hall–Kier alpha value is -3.30. The second-order valence-corrected chi connectivity index (χ2v) is 11.9. The van der Waals surface area contributed by atoms with Crippen LogP contribution in [0.5, 0.6) is 11.5 Å². The van der Waals surface area contributed by atoms with Crippen LogP contribution in [-0.4, -0.2) is 64.0 Å². The van der Waals surface area contributed by atoms with Crippen molar-refractivity contribution in [3.05, 3.63) is 60.7 Å². The third-order valence-corrected chi connectivity index (χ3v) is 6.06. The third kappa shape index (κ3) is 9.41. The highest BCUT2D eigenvalue weighted by Crippen LogP contribution is 2.29. The van der Waals surface area contributed by atoms with Crippen LogP contribution in [0.1, 0.15) is 67.7 Å². The Morgan fingerprint density at radius 2 is 1.27 bits per heavy atom. The molecule has 1 aliphatic heterocycles. The zero-order chi connectivity index (χ0) is 29.5. The smallest absolute Gasteiger partial charge is 0.420 e. The Balaban J connectivity index is 1.94. The Morgan fingerprint density at radius 3 is 1.75 bits per heavy atom. The molecule has 2 aromatic rings. The molecule has 9 nitrogen and oxygen atoms in total. The number of para-hydroxylation sites is 2. The highest BCUT2D eigenvalue weighted by Gasteiger charge is 2.43. The molecule has 0 aliphatic carbocycles. The molecule has 2 aromatic carbocycles. The van der Waals surface area contributed by atoms with Crippen molar-refractivity contribution in [1.29, 1.82) is 0 Å². The average Bonchev–Trinajstić information content (AvgIpc) is 2.89. The number of nitrogens with zero attached hydrogens (tertiary/aromatic N) is 1. The highest BCUT2D eigenvalue weighted by atomic mass is 16.6. The van der Waals surface area contributed by atoms with Crippen molar-refractivity contribution in [3.63, 3.8) is 0 Å². The van der Waals surface area contributed by atoms with Crippen LogP contribution in [0.15, 0.2) is 60.7 Å². The summed E-state index contributed by atoms with van der Waals surface area (Å²) in [6, 6.07) is 17.6. The van der Waals surface area contributed by atoms with Gasteiger partial charge in [0.05, 0.1) is 12.1 Å². The van der Waals surface area contributed by atoms with Gasteiger partial charge in [-0.25, -0.2) is 14.5 Å². The fourth-order valence-corrected chi connectivity index (χ4v) is 4.38. The molecule has 9 heteroatoms. The van der Waals surface area contributed by atoms with E-state index in [0.717, 1.165) is 4.90 Å². The molecule has 0 bridgehead atoms. The van der Waals surface area contributed by atoms with Gasteiger partial charge in [-0.05, 0) is 92.0 Å². The number of carbonyl (C=O) groups excluding carboxylic acids is 2. The predicted molar refractivity (Wildman–Crippen MR) is 150 cm³/mol. The molecule has 220 valence electrons. The van der Waals surface area contributed by atoms with Gasteiger partial charge in [0.25, 0.3) is 0 Å². The minimum Gasteiger partial charge on any atom is -0.486 e. The lowest BCUT2D eigenvalue weighted by Gasteiger charge is -2.36. The maximum absolute atomic E-state index is 13.3. The summed E-state index contributed by atoms with van der Waals surface area (Å²) in [6.07, 6.45) is -3.94. The molecule has 1 saturated heterocycles. The number of carbonyl (C=O) groups is 2. The first-order valence-corrected chi connectivity index (χ1v) is 13.8. The molecular formula is C31H43NO8. The molecule has 2 amide bonds. The van der Waals surface area contributed by atoms with E-state index in [0.29, 0.717) is 24.3 Å². The Kier molecular flexibility index (Phi) is 10.4. The van der Waals surface area contributed by atoms with Crippen molar-refractivity contribution in [2.24, 2.45) is 0 Å². The number of aliphatic hydroxyl groups excluding tert-OH is 1. The van der Waals surface area contributed by atoms with Crippen LogP contribution in [0, 0.1) is 0 Å². The number of imide groups is 1. The van der Waals surface area contributed by atoms with Gasteiger partial charge >= 0.3 is 12.2 Å². The zero-order valence-corrected chi connectivity index (χ0v) is 24.5. The number of benzene rings is 2. The molecule has 3 rings (SSSR count). The third-order valence-electron chi connectivity index (χ3n) is 6.06. The second kappa shape index (κ2) is 13.4. The molecule has 40 heavy (non-hydrogen) atoms. The highest BCUT2D eigenvalue weighted by molar-refractivity contribution is 5.88. The molecule has 0 radical (unpaired) electrons. The molecule has 1 fully saturated rings. The number of rotatable bonds is 5. The number of hydrogen-bond acceptors (Lipinski definition) is 8. The van der Waals surface area contributed by atoms with Gasteiger partial charge < -0.3 is 28.8 Å². The predicted octanol–water partition coefficient (Wildman–Crippen LogP) is 6.33. The van der Waals surface area contributed by atoms with E-state index in [1.54, 1.807) is 48.5 Å². The molecule has 1 unspecified atom stereocenters.